The standard InChI is InChI=1S/C19H17N3O4/c1-2-17(24)20-15-10-8-13(9-11-15)16(23)12-22-18(21-26-19(22)25)14-6-4-3-5-7-14/h3-11H,2,12H2,1H3,(H,20,24). The third kappa shape index (κ3) is 3.77. The summed E-state index contributed by atoms with van der Waals surface area (Å²) in [5.74, 6) is -0.756. The Morgan fingerprint density at radius 3 is 2.42 bits per heavy atom. The predicted molar refractivity (Wildman–Crippen MR) is 95.9 cm³/mol. The zero-order chi connectivity index (χ0) is 18.5. The van der Waals surface area contributed by atoms with Gasteiger partial charge in [0.2, 0.25) is 5.91 Å². The Kier molecular flexibility index (Phi) is 5.07. The summed E-state index contributed by atoms with van der Waals surface area (Å²) in [4.78, 5) is 35.8. The number of hydrogen-bond donors (Lipinski definition) is 1. The SMILES string of the molecule is CCC(=O)Nc1ccc(C(=O)Cn2c(-c3ccccc3)noc2=O)cc1. The molecule has 132 valence electrons. The minimum atomic E-state index is -0.691. The van der Waals surface area contributed by atoms with Crippen molar-refractivity contribution in [2.24, 2.45) is 0 Å². The van der Waals surface area contributed by atoms with E-state index in [9.17, 15) is 14.4 Å². The fourth-order valence-electron chi connectivity index (χ4n) is 2.43. The molecule has 0 unspecified atom stereocenters. The number of ketones is 1. The number of rotatable bonds is 6. The van der Waals surface area contributed by atoms with E-state index >= 15 is 0 Å². The van der Waals surface area contributed by atoms with Gasteiger partial charge in [-0.2, -0.15) is 0 Å². The minimum absolute atomic E-state index is 0.104. The molecule has 1 N–H and O–H groups in total. The molecule has 7 nitrogen and oxygen atoms in total. The van der Waals surface area contributed by atoms with Gasteiger partial charge < -0.3 is 5.32 Å². The molecule has 0 aliphatic heterocycles. The van der Waals surface area contributed by atoms with E-state index in [0.717, 1.165) is 0 Å². The van der Waals surface area contributed by atoms with Gasteiger partial charge in [-0.1, -0.05) is 42.4 Å². The number of Topliss-reactive ketones (excluding diaryl/α,β-unsaturated/α-hetero) is 1. The summed E-state index contributed by atoms with van der Waals surface area (Å²) in [7, 11) is 0. The van der Waals surface area contributed by atoms with E-state index in [0.29, 0.717) is 29.1 Å². The zero-order valence-electron chi connectivity index (χ0n) is 14.1. The van der Waals surface area contributed by atoms with E-state index in [1.807, 2.05) is 18.2 Å². The number of anilines is 1. The highest BCUT2D eigenvalue weighted by Crippen LogP contribution is 2.16. The van der Waals surface area contributed by atoms with Crippen LogP contribution in [0.15, 0.2) is 63.9 Å². The molecular formula is C19H17N3O4. The van der Waals surface area contributed by atoms with E-state index in [2.05, 4.69) is 10.5 Å². The molecule has 0 radical (unpaired) electrons. The summed E-state index contributed by atoms with van der Waals surface area (Å²) in [6.45, 7) is 1.57. The summed E-state index contributed by atoms with van der Waals surface area (Å²) in [6, 6.07) is 15.5. The summed E-state index contributed by atoms with van der Waals surface area (Å²) in [6.07, 6.45) is 0.374. The van der Waals surface area contributed by atoms with Crippen molar-refractivity contribution in [2.75, 3.05) is 5.32 Å². The van der Waals surface area contributed by atoms with Crippen LogP contribution in [-0.4, -0.2) is 21.4 Å². The maximum Gasteiger partial charge on any atom is 0.442 e. The van der Waals surface area contributed by atoms with Gasteiger partial charge in [-0.05, 0) is 24.3 Å². The smallest absolute Gasteiger partial charge is 0.326 e. The highest BCUT2D eigenvalue weighted by Gasteiger charge is 2.16. The molecule has 0 saturated heterocycles. The number of carbonyl (C=O) groups is 2. The predicted octanol–water partition coefficient (Wildman–Crippen LogP) is 2.73. The molecule has 1 heterocycles. The molecular weight excluding hydrogens is 334 g/mol. The van der Waals surface area contributed by atoms with E-state index in [-0.39, 0.29) is 18.2 Å². The van der Waals surface area contributed by atoms with Gasteiger partial charge in [0.1, 0.15) is 0 Å². The van der Waals surface area contributed by atoms with Crippen LogP contribution in [0, 0.1) is 0 Å². The monoisotopic (exact) mass is 351 g/mol. The minimum Gasteiger partial charge on any atom is -0.326 e. The Balaban J connectivity index is 1.80. The number of nitrogens with one attached hydrogen (secondary N) is 1. The molecule has 1 aromatic heterocycles. The topological polar surface area (TPSA) is 94.2 Å². The second-order valence-electron chi connectivity index (χ2n) is 5.63. The summed E-state index contributed by atoms with van der Waals surface area (Å²) in [5.41, 5.74) is 1.72. The third-order valence-electron chi connectivity index (χ3n) is 3.83. The molecule has 3 aromatic rings. The van der Waals surface area contributed by atoms with Crippen LogP contribution < -0.4 is 11.1 Å². The van der Waals surface area contributed by atoms with Crippen LogP contribution in [0.1, 0.15) is 23.7 Å². The lowest BCUT2D eigenvalue weighted by Crippen LogP contribution is -2.21. The first kappa shape index (κ1) is 17.3. The van der Waals surface area contributed by atoms with Crippen molar-refractivity contribution in [3.63, 3.8) is 0 Å². The Morgan fingerprint density at radius 1 is 1.08 bits per heavy atom. The van der Waals surface area contributed by atoms with Crippen molar-refractivity contribution in [3.8, 4) is 11.4 Å². The largest absolute Gasteiger partial charge is 0.442 e. The molecule has 3 rings (SSSR count). The van der Waals surface area contributed by atoms with Gasteiger partial charge in [0.15, 0.2) is 11.6 Å². The van der Waals surface area contributed by atoms with Crippen molar-refractivity contribution >= 4 is 17.4 Å². The van der Waals surface area contributed by atoms with E-state index in [4.69, 9.17) is 4.52 Å². The van der Waals surface area contributed by atoms with Crippen LogP contribution in [0.3, 0.4) is 0 Å². The second-order valence-corrected chi connectivity index (χ2v) is 5.63. The first-order valence-electron chi connectivity index (χ1n) is 8.13. The molecule has 2 aromatic carbocycles. The van der Waals surface area contributed by atoms with E-state index in [1.54, 1.807) is 43.3 Å². The van der Waals surface area contributed by atoms with Crippen LogP contribution in [0.2, 0.25) is 0 Å². The Hall–Kier alpha value is -3.48. The van der Waals surface area contributed by atoms with Gasteiger partial charge in [0.25, 0.3) is 0 Å². The van der Waals surface area contributed by atoms with E-state index < -0.39 is 5.76 Å². The van der Waals surface area contributed by atoms with Crippen LogP contribution >= 0.6 is 0 Å². The van der Waals surface area contributed by atoms with Crippen LogP contribution in [0.5, 0.6) is 0 Å². The number of carbonyl (C=O) groups excluding carboxylic acids is 2. The zero-order valence-corrected chi connectivity index (χ0v) is 14.1. The number of hydrogen-bond acceptors (Lipinski definition) is 5. The Morgan fingerprint density at radius 2 is 1.77 bits per heavy atom. The lowest BCUT2D eigenvalue weighted by Gasteiger charge is -2.06. The molecule has 7 heteroatoms. The maximum absolute atomic E-state index is 12.5. The second kappa shape index (κ2) is 7.60. The molecule has 0 atom stereocenters. The van der Waals surface area contributed by atoms with Gasteiger partial charge in [-0.15, -0.1) is 0 Å². The molecule has 0 fully saturated rings. The van der Waals surface area contributed by atoms with Crippen molar-refractivity contribution in [1.29, 1.82) is 0 Å². The van der Waals surface area contributed by atoms with E-state index in [1.165, 1.54) is 4.57 Å². The molecule has 1 amide bonds. The summed E-state index contributed by atoms with van der Waals surface area (Å²) in [5, 5.41) is 6.48. The molecule has 0 spiro atoms. The highest BCUT2D eigenvalue weighted by molar-refractivity contribution is 5.97. The Bertz CT molecular complexity index is 972. The lowest BCUT2D eigenvalue weighted by atomic mass is 10.1. The first-order chi connectivity index (χ1) is 12.6. The van der Waals surface area contributed by atoms with Gasteiger partial charge >= 0.3 is 5.76 Å². The van der Waals surface area contributed by atoms with Crippen LogP contribution in [0.25, 0.3) is 11.4 Å². The number of benzene rings is 2. The van der Waals surface area contributed by atoms with Crippen molar-refractivity contribution < 1.29 is 14.1 Å². The van der Waals surface area contributed by atoms with Crippen LogP contribution in [0.4, 0.5) is 5.69 Å². The fourth-order valence-corrected chi connectivity index (χ4v) is 2.43. The van der Waals surface area contributed by atoms with Gasteiger partial charge in [0.05, 0.1) is 6.54 Å². The van der Waals surface area contributed by atoms with Crippen molar-refractivity contribution in [3.05, 3.63) is 70.7 Å². The molecule has 26 heavy (non-hydrogen) atoms. The average molecular weight is 351 g/mol. The van der Waals surface area contributed by atoms with Gasteiger partial charge in [-0.25, -0.2) is 9.36 Å². The fraction of sp³-hybridized carbons (Fsp3) is 0.158. The van der Waals surface area contributed by atoms with Crippen molar-refractivity contribution in [1.82, 2.24) is 9.72 Å². The third-order valence-corrected chi connectivity index (χ3v) is 3.83. The molecule has 0 aliphatic carbocycles. The highest BCUT2D eigenvalue weighted by atomic mass is 16.5. The number of nitrogens with zero attached hydrogens (tertiary/aromatic N) is 2. The van der Waals surface area contributed by atoms with Gasteiger partial charge in [0, 0.05) is 23.2 Å². The normalized spacial score (nSPS) is 10.5. The molecule has 0 bridgehead atoms. The Labute approximate surface area is 149 Å². The summed E-state index contributed by atoms with van der Waals surface area (Å²) >= 11 is 0. The molecule has 0 saturated carbocycles. The van der Waals surface area contributed by atoms with Crippen molar-refractivity contribution in [2.45, 2.75) is 19.9 Å². The average Bonchev–Trinajstić information content (AvgIpc) is 3.03. The quantitative estimate of drug-likeness (QED) is 0.689. The van der Waals surface area contributed by atoms with Crippen LogP contribution in [-0.2, 0) is 11.3 Å². The summed E-state index contributed by atoms with van der Waals surface area (Å²) < 4.78 is 5.92. The number of aromatic nitrogens is 2. The lowest BCUT2D eigenvalue weighted by molar-refractivity contribution is -0.115. The molecule has 0 aliphatic rings. The van der Waals surface area contributed by atoms with Gasteiger partial charge in [-0.3, -0.25) is 14.1 Å². The first-order valence-corrected chi connectivity index (χ1v) is 8.13. The maximum atomic E-state index is 12.5. The number of amides is 1.